The molecule has 0 aromatic heterocycles. The Balaban J connectivity index is 2.08. The predicted octanol–water partition coefficient (Wildman–Crippen LogP) is -0.739. The molecule has 1 aromatic carbocycles. The van der Waals surface area contributed by atoms with Crippen molar-refractivity contribution in [3.8, 4) is 0 Å². The number of anilines is 1. The van der Waals surface area contributed by atoms with Crippen molar-refractivity contribution < 1.29 is 17.9 Å². The van der Waals surface area contributed by atoms with Crippen LogP contribution in [0.5, 0.6) is 0 Å². The van der Waals surface area contributed by atoms with Gasteiger partial charge in [0.1, 0.15) is 6.04 Å². The number of carbonyl (C=O) groups is 1. The molecule has 4 N–H and O–H groups in total. The molecule has 0 spiro atoms. The van der Waals surface area contributed by atoms with E-state index in [4.69, 9.17) is 9.88 Å². The van der Waals surface area contributed by atoms with E-state index in [0.29, 0.717) is 25.4 Å². The van der Waals surface area contributed by atoms with Gasteiger partial charge >= 0.3 is 0 Å². The zero-order valence-electron chi connectivity index (χ0n) is 10.1. The lowest BCUT2D eigenvalue weighted by atomic mass is 10.2. The molecule has 1 amide bonds. The van der Waals surface area contributed by atoms with Crippen molar-refractivity contribution in [2.24, 2.45) is 5.14 Å². The van der Waals surface area contributed by atoms with Gasteiger partial charge in [-0.1, -0.05) is 6.07 Å². The van der Waals surface area contributed by atoms with E-state index in [1.807, 2.05) is 0 Å². The van der Waals surface area contributed by atoms with Crippen LogP contribution in [0.1, 0.15) is 0 Å². The number of amides is 1. The highest BCUT2D eigenvalue weighted by atomic mass is 32.2. The van der Waals surface area contributed by atoms with Crippen LogP contribution in [0.25, 0.3) is 0 Å². The lowest BCUT2D eigenvalue weighted by molar-refractivity contribution is -0.120. The highest BCUT2D eigenvalue weighted by molar-refractivity contribution is 7.89. The van der Waals surface area contributed by atoms with Gasteiger partial charge in [-0.25, -0.2) is 13.6 Å². The van der Waals surface area contributed by atoms with E-state index >= 15 is 0 Å². The third kappa shape index (κ3) is 3.74. The maximum absolute atomic E-state index is 11.9. The van der Waals surface area contributed by atoms with Crippen LogP contribution in [-0.2, 0) is 19.6 Å². The number of primary sulfonamides is 1. The maximum Gasteiger partial charge on any atom is 0.243 e. The van der Waals surface area contributed by atoms with Gasteiger partial charge in [0.25, 0.3) is 0 Å². The fraction of sp³-hybridized carbons (Fsp3) is 0.364. The molecule has 2 rings (SSSR count). The van der Waals surface area contributed by atoms with Gasteiger partial charge in [0.2, 0.25) is 15.9 Å². The molecule has 1 aromatic rings. The van der Waals surface area contributed by atoms with Crippen LogP contribution in [0.4, 0.5) is 5.69 Å². The summed E-state index contributed by atoms with van der Waals surface area (Å²) >= 11 is 0. The number of morpholine rings is 1. The highest BCUT2D eigenvalue weighted by Crippen LogP contribution is 2.14. The lowest BCUT2D eigenvalue weighted by Gasteiger charge is -2.22. The van der Waals surface area contributed by atoms with Gasteiger partial charge in [0.15, 0.2) is 0 Å². The summed E-state index contributed by atoms with van der Waals surface area (Å²) < 4.78 is 27.6. The van der Waals surface area contributed by atoms with Crippen LogP contribution in [-0.4, -0.2) is 40.1 Å². The lowest BCUT2D eigenvalue weighted by Crippen LogP contribution is -2.48. The van der Waals surface area contributed by atoms with Crippen LogP contribution in [0.3, 0.4) is 0 Å². The maximum atomic E-state index is 11.9. The molecule has 1 atom stereocenters. The van der Waals surface area contributed by atoms with E-state index in [-0.39, 0.29) is 10.8 Å². The van der Waals surface area contributed by atoms with E-state index in [0.717, 1.165) is 0 Å². The summed E-state index contributed by atoms with van der Waals surface area (Å²) in [5.74, 6) is -0.272. The van der Waals surface area contributed by atoms with E-state index in [1.165, 1.54) is 18.2 Å². The van der Waals surface area contributed by atoms with Gasteiger partial charge in [-0.15, -0.1) is 0 Å². The molecule has 1 unspecified atom stereocenters. The van der Waals surface area contributed by atoms with Crippen LogP contribution >= 0.6 is 0 Å². The number of carbonyl (C=O) groups excluding carboxylic acids is 1. The Morgan fingerprint density at radius 3 is 2.89 bits per heavy atom. The predicted molar refractivity (Wildman–Crippen MR) is 69.1 cm³/mol. The van der Waals surface area contributed by atoms with Crippen molar-refractivity contribution in [3.63, 3.8) is 0 Å². The Kier molecular flexibility index (Phi) is 4.15. The zero-order chi connectivity index (χ0) is 13.9. The minimum absolute atomic E-state index is 0.0434. The van der Waals surface area contributed by atoms with E-state index in [2.05, 4.69) is 10.6 Å². The van der Waals surface area contributed by atoms with Crippen LogP contribution in [0.2, 0.25) is 0 Å². The van der Waals surface area contributed by atoms with Gasteiger partial charge in [0, 0.05) is 12.2 Å². The molecule has 0 bridgehead atoms. The largest absolute Gasteiger partial charge is 0.378 e. The van der Waals surface area contributed by atoms with E-state index in [9.17, 15) is 13.2 Å². The molecule has 0 saturated carbocycles. The molecule has 19 heavy (non-hydrogen) atoms. The first kappa shape index (κ1) is 13.9. The average molecular weight is 285 g/mol. The second kappa shape index (κ2) is 5.66. The number of nitrogens with one attached hydrogen (secondary N) is 2. The second-order valence-corrected chi connectivity index (χ2v) is 5.71. The quantitative estimate of drug-likeness (QED) is 0.677. The number of sulfonamides is 1. The number of hydrogen-bond acceptors (Lipinski definition) is 5. The summed E-state index contributed by atoms with van der Waals surface area (Å²) in [5.41, 5.74) is 0.379. The molecular formula is C11H15N3O4S. The number of nitrogens with two attached hydrogens (primary N) is 1. The van der Waals surface area contributed by atoms with Crippen molar-refractivity contribution in [1.82, 2.24) is 5.32 Å². The Bertz CT molecular complexity index is 567. The monoisotopic (exact) mass is 285 g/mol. The minimum Gasteiger partial charge on any atom is -0.378 e. The molecule has 104 valence electrons. The molecule has 1 saturated heterocycles. The zero-order valence-corrected chi connectivity index (χ0v) is 10.9. The number of hydrogen-bond donors (Lipinski definition) is 3. The smallest absolute Gasteiger partial charge is 0.243 e. The first-order valence-electron chi connectivity index (χ1n) is 5.72. The summed E-state index contributed by atoms with van der Waals surface area (Å²) in [6.07, 6.45) is 0. The molecule has 8 heteroatoms. The Morgan fingerprint density at radius 2 is 2.26 bits per heavy atom. The summed E-state index contributed by atoms with van der Waals surface area (Å²) in [4.78, 5) is 11.9. The van der Waals surface area contributed by atoms with Crippen molar-refractivity contribution in [3.05, 3.63) is 24.3 Å². The molecule has 1 aliphatic rings. The summed E-state index contributed by atoms with van der Waals surface area (Å²) in [7, 11) is -3.78. The van der Waals surface area contributed by atoms with Crippen molar-refractivity contribution in [1.29, 1.82) is 0 Å². The summed E-state index contributed by atoms with van der Waals surface area (Å²) in [5, 5.41) is 10.7. The van der Waals surface area contributed by atoms with Crippen molar-refractivity contribution >= 4 is 21.6 Å². The van der Waals surface area contributed by atoms with Gasteiger partial charge in [-0.2, -0.15) is 0 Å². The Labute approximate surface area is 111 Å². The van der Waals surface area contributed by atoms with Gasteiger partial charge in [-0.05, 0) is 18.2 Å². The molecule has 1 fully saturated rings. The Morgan fingerprint density at radius 1 is 1.47 bits per heavy atom. The van der Waals surface area contributed by atoms with Gasteiger partial charge in [-0.3, -0.25) is 4.79 Å². The molecule has 7 nitrogen and oxygen atoms in total. The highest BCUT2D eigenvalue weighted by Gasteiger charge is 2.21. The van der Waals surface area contributed by atoms with Crippen LogP contribution in [0.15, 0.2) is 29.2 Å². The molecule has 1 aliphatic heterocycles. The molecular weight excluding hydrogens is 270 g/mol. The van der Waals surface area contributed by atoms with E-state index in [1.54, 1.807) is 6.07 Å². The molecule has 0 radical (unpaired) electrons. The average Bonchev–Trinajstić information content (AvgIpc) is 2.39. The van der Waals surface area contributed by atoms with Crippen LogP contribution in [0, 0.1) is 0 Å². The summed E-state index contributed by atoms with van der Waals surface area (Å²) in [6.45, 7) is 1.47. The number of rotatable bonds is 3. The normalized spacial score (nSPS) is 19.9. The van der Waals surface area contributed by atoms with Crippen molar-refractivity contribution in [2.75, 3.05) is 25.1 Å². The first-order chi connectivity index (χ1) is 8.97. The number of benzene rings is 1. The first-order valence-corrected chi connectivity index (χ1v) is 7.26. The summed E-state index contributed by atoms with van der Waals surface area (Å²) in [6, 6.07) is 5.35. The van der Waals surface area contributed by atoms with Gasteiger partial charge < -0.3 is 15.4 Å². The van der Waals surface area contributed by atoms with E-state index < -0.39 is 16.1 Å². The fourth-order valence-electron chi connectivity index (χ4n) is 1.71. The van der Waals surface area contributed by atoms with Crippen LogP contribution < -0.4 is 15.8 Å². The van der Waals surface area contributed by atoms with Crippen molar-refractivity contribution in [2.45, 2.75) is 10.9 Å². The minimum atomic E-state index is -3.78. The molecule has 1 heterocycles. The van der Waals surface area contributed by atoms with Gasteiger partial charge in [0.05, 0.1) is 18.1 Å². The third-order valence-corrected chi connectivity index (χ3v) is 3.58. The standard InChI is InChI=1S/C11H15N3O4S/c12-19(16,17)9-3-1-2-8(6-9)14-11(15)10-7-18-5-4-13-10/h1-3,6,10,13H,4-5,7H2,(H,14,15)(H2,12,16,17). The Hall–Kier alpha value is -1.48. The topological polar surface area (TPSA) is 111 Å². The third-order valence-electron chi connectivity index (χ3n) is 2.67. The molecule has 0 aliphatic carbocycles. The number of ether oxygens (including phenoxy) is 1. The SMILES string of the molecule is NS(=O)(=O)c1cccc(NC(=O)C2COCCN2)c1. The second-order valence-electron chi connectivity index (χ2n) is 4.14. The fourth-order valence-corrected chi connectivity index (χ4v) is 2.27.